The van der Waals surface area contributed by atoms with Gasteiger partial charge in [-0.3, -0.25) is 55.9 Å². The Kier molecular flexibility index (Phi) is 4.77. The molecule has 110 valence electrons. The van der Waals surface area contributed by atoms with E-state index in [1.165, 1.54) is 6.07 Å². The van der Waals surface area contributed by atoms with Gasteiger partial charge in [0.1, 0.15) is 5.69 Å². The molecule has 0 fully saturated rings. The van der Waals surface area contributed by atoms with Gasteiger partial charge in [0.05, 0.1) is 5.56 Å². The van der Waals surface area contributed by atoms with E-state index in [9.17, 15) is 18.7 Å². The first-order valence-electron chi connectivity index (χ1n) is 4.93. The van der Waals surface area contributed by atoms with Crippen molar-refractivity contribution < 1.29 is 18.7 Å². The number of nitrogens with two attached hydrogens (primary N) is 4. The van der Waals surface area contributed by atoms with Gasteiger partial charge in [0.2, 0.25) is 0 Å². The minimum absolute atomic E-state index is 0.0265. The van der Waals surface area contributed by atoms with Crippen LogP contribution < -0.4 is 32.2 Å². The smallest absolute Gasteiger partial charge is 0.279 e. The van der Waals surface area contributed by atoms with E-state index in [4.69, 9.17) is 22.0 Å². The molecule has 0 saturated heterocycles. The first-order chi connectivity index (χ1) is 8.98. The lowest BCUT2D eigenvalue weighted by molar-refractivity contribution is 0.0964. The molecule has 10 N–H and O–H groups in total. The predicted molar refractivity (Wildman–Crippen MR) is 71.1 cm³/mol. The standard InChI is InChI=1S/C7H13N7O4P2/c8-19(9,17)13-6(15)4-1-2-5(12-3-4)7(16)14-20(10,11)18/h1-3H,(H5,8,9,13,15,17)(H5,10,11,14,16,18). The van der Waals surface area contributed by atoms with Gasteiger partial charge in [-0.05, 0) is 12.1 Å². The summed E-state index contributed by atoms with van der Waals surface area (Å²) in [6.07, 6.45) is 1.01. The van der Waals surface area contributed by atoms with Gasteiger partial charge >= 0.3 is 15.2 Å². The molecule has 1 rings (SSSR count). The highest BCUT2D eigenvalue weighted by molar-refractivity contribution is 7.57. The number of amides is 2. The molecular weight excluding hydrogens is 308 g/mol. The molecule has 0 bridgehead atoms. The van der Waals surface area contributed by atoms with Crippen molar-refractivity contribution >= 4 is 27.0 Å². The summed E-state index contributed by atoms with van der Waals surface area (Å²) in [5.41, 5.74) is 19.7. The maximum atomic E-state index is 11.5. The number of carbonyl (C=O) groups excluding carboxylic acids is 2. The van der Waals surface area contributed by atoms with E-state index in [2.05, 4.69) is 4.98 Å². The van der Waals surface area contributed by atoms with Crippen LogP contribution in [0.5, 0.6) is 0 Å². The number of carbonyl (C=O) groups is 2. The summed E-state index contributed by atoms with van der Waals surface area (Å²) in [4.78, 5) is 26.6. The number of aromatic nitrogens is 1. The van der Waals surface area contributed by atoms with Gasteiger partial charge in [-0.25, -0.2) is 0 Å². The summed E-state index contributed by atoms with van der Waals surface area (Å²) in [6, 6.07) is 2.35. The monoisotopic (exact) mass is 321 g/mol. The van der Waals surface area contributed by atoms with E-state index in [1.54, 1.807) is 0 Å². The molecule has 1 aromatic rings. The largest absolute Gasteiger partial charge is 0.300 e. The molecule has 0 atom stereocenters. The highest BCUT2D eigenvalue weighted by atomic mass is 31.2. The molecule has 0 aromatic carbocycles. The average molecular weight is 321 g/mol. The third kappa shape index (κ3) is 5.57. The molecule has 0 radical (unpaired) electrons. The van der Waals surface area contributed by atoms with Crippen LogP contribution in [0, 0.1) is 0 Å². The highest BCUT2D eigenvalue weighted by Gasteiger charge is 2.18. The van der Waals surface area contributed by atoms with Crippen molar-refractivity contribution in [1.29, 1.82) is 0 Å². The Bertz CT molecular complexity index is 564. The van der Waals surface area contributed by atoms with Gasteiger partial charge < -0.3 is 0 Å². The Balaban J connectivity index is 2.84. The van der Waals surface area contributed by atoms with Gasteiger partial charge in [-0.15, -0.1) is 0 Å². The van der Waals surface area contributed by atoms with Crippen molar-refractivity contribution in [2.45, 2.75) is 0 Å². The number of nitrogens with zero attached hydrogens (tertiary/aromatic N) is 1. The minimum Gasteiger partial charge on any atom is -0.279 e. The van der Waals surface area contributed by atoms with Crippen molar-refractivity contribution in [3.8, 4) is 0 Å². The summed E-state index contributed by atoms with van der Waals surface area (Å²) in [6.45, 7) is 0. The average Bonchev–Trinajstić information content (AvgIpc) is 2.24. The normalized spacial score (nSPS) is 11.8. The van der Waals surface area contributed by atoms with Crippen LogP contribution in [0.2, 0.25) is 0 Å². The van der Waals surface area contributed by atoms with E-state index in [-0.39, 0.29) is 11.3 Å². The van der Waals surface area contributed by atoms with Crippen molar-refractivity contribution in [2.24, 2.45) is 22.0 Å². The quantitative estimate of drug-likeness (QED) is 0.359. The first kappa shape index (κ1) is 16.4. The maximum absolute atomic E-state index is 11.5. The van der Waals surface area contributed by atoms with Crippen molar-refractivity contribution in [3.05, 3.63) is 29.6 Å². The van der Waals surface area contributed by atoms with Gasteiger partial charge in [-0.2, -0.15) is 0 Å². The highest BCUT2D eigenvalue weighted by Crippen LogP contribution is 2.19. The Hall–Kier alpha value is -1.61. The minimum atomic E-state index is -3.73. The fraction of sp³-hybridized carbons (Fsp3) is 0. The molecule has 0 aliphatic carbocycles. The molecule has 2 amide bonds. The molecular formula is C7H13N7O4P2. The van der Waals surface area contributed by atoms with Crippen LogP contribution in [0.1, 0.15) is 20.8 Å². The Morgan fingerprint density at radius 1 is 0.950 bits per heavy atom. The fourth-order valence-corrected chi connectivity index (χ4v) is 1.98. The lowest BCUT2D eigenvalue weighted by Crippen LogP contribution is -2.30. The van der Waals surface area contributed by atoms with Crippen molar-refractivity contribution in [1.82, 2.24) is 15.2 Å². The van der Waals surface area contributed by atoms with Crippen LogP contribution in [-0.2, 0) is 9.13 Å². The zero-order chi connectivity index (χ0) is 15.6. The summed E-state index contributed by atoms with van der Waals surface area (Å²) in [5, 5.41) is 3.72. The van der Waals surface area contributed by atoms with Gasteiger partial charge in [0.15, 0.2) is 0 Å². The van der Waals surface area contributed by atoms with E-state index in [0.29, 0.717) is 0 Å². The first-order valence-corrected chi connectivity index (χ1v) is 8.62. The predicted octanol–water partition coefficient (Wildman–Crippen LogP) is -1.41. The second-order valence-corrected chi connectivity index (χ2v) is 7.02. The summed E-state index contributed by atoms with van der Waals surface area (Å²) < 4.78 is 22.0. The lowest BCUT2D eigenvalue weighted by Gasteiger charge is -2.10. The molecule has 0 aliphatic heterocycles. The van der Waals surface area contributed by atoms with Crippen molar-refractivity contribution in [2.75, 3.05) is 0 Å². The summed E-state index contributed by atoms with van der Waals surface area (Å²) >= 11 is 0. The molecule has 0 saturated carbocycles. The van der Waals surface area contributed by atoms with Crippen LogP contribution in [-0.4, -0.2) is 16.8 Å². The second kappa shape index (κ2) is 5.80. The Morgan fingerprint density at radius 2 is 1.45 bits per heavy atom. The zero-order valence-electron chi connectivity index (χ0n) is 10.0. The second-order valence-electron chi connectivity index (χ2n) is 3.73. The molecule has 13 heteroatoms. The maximum Gasteiger partial charge on any atom is 0.300 e. The third-order valence-corrected chi connectivity index (χ3v) is 2.92. The van der Waals surface area contributed by atoms with E-state index < -0.39 is 27.0 Å². The SMILES string of the molecule is NP(N)(=O)NC(=O)c1ccc(C(=O)NP(N)(N)=O)nc1. The summed E-state index contributed by atoms with van der Waals surface area (Å²) in [5.74, 6) is -1.69. The van der Waals surface area contributed by atoms with Crippen LogP contribution >= 0.6 is 15.2 Å². The summed E-state index contributed by atoms with van der Waals surface area (Å²) in [7, 11) is -7.46. The number of hydrogen-bond acceptors (Lipinski definition) is 5. The van der Waals surface area contributed by atoms with Crippen LogP contribution in [0.4, 0.5) is 0 Å². The van der Waals surface area contributed by atoms with Crippen LogP contribution in [0.15, 0.2) is 18.3 Å². The molecule has 1 aromatic heterocycles. The number of rotatable bonds is 4. The molecule has 1 heterocycles. The van der Waals surface area contributed by atoms with Gasteiger partial charge in [0, 0.05) is 6.20 Å². The topological polar surface area (TPSA) is 209 Å². The molecule has 11 nitrogen and oxygen atoms in total. The molecule has 0 spiro atoms. The number of pyridine rings is 1. The Morgan fingerprint density at radius 3 is 1.85 bits per heavy atom. The van der Waals surface area contributed by atoms with E-state index in [1.807, 2.05) is 10.2 Å². The zero-order valence-corrected chi connectivity index (χ0v) is 11.8. The lowest BCUT2D eigenvalue weighted by atomic mass is 10.2. The van der Waals surface area contributed by atoms with Gasteiger partial charge in [-0.1, -0.05) is 0 Å². The molecule has 0 unspecified atom stereocenters. The van der Waals surface area contributed by atoms with Crippen LogP contribution in [0.3, 0.4) is 0 Å². The molecule has 20 heavy (non-hydrogen) atoms. The van der Waals surface area contributed by atoms with E-state index >= 15 is 0 Å². The molecule has 0 aliphatic rings. The van der Waals surface area contributed by atoms with Crippen molar-refractivity contribution in [3.63, 3.8) is 0 Å². The van der Waals surface area contributed by atoms with Gasteiger partial charge in [0.25, 0.3) is 11.8 Å². The van der Waals surface area contributed by atoms with Crippen LogP contribution in [0.25, 0.3) is 0 Å². The fourth-order valence-electron chi connectivity index (χ4n) is 1.10. The Labute approximate surface area is 113 Å². The number of hydrogen-bond donors (Lipinski definition) is 6. The van der Waals surface area contributed by atoms with E-state index in [0.717, 1.165) is 12.3 Å². The third-order valence-electron chi connectivity index (χ3n) is 1.81. The number of nitrogens with one attached hydrogen (secondary N) is 2.